The van der Waals surface area contributed by atoms with Crippen molar-refractivity contribution in [1.29, 1.82) is 0 Å². The Hall–Kier alpha value is -1.97. The van der Waals surface area contributed by atoms with Gasteiger partial charge in [0.1, 0.15) is 13.2 Å². The number of nitrogens with zero attached hydrogens (tertiary/aromatic N) is 1. The fraction of sp³-hybridized carbons (Fsp3) is 0.872. The van der Waals surface area contributed by atoms with E-state index < -0.39 is 24.3 Å². The minimum absolute atomic E-state index is 0.149. The van der Waals surface area contributed by atoms with Crippen molar-refractivity contribution in [2.45, 2.75) is 174 Å². The van der Waals surface area contributed by atoms with Crippen molar-refractivity contribution in [3.63, 3.8) is 0 Å². The van der Waals surface area contributed by atoms with Gasteiger partial charge in [-0.15, -0.1) is 0 Å². The van der Waals surface area contributed by atoms with Crippen LogP contribution in [0.4, 0.5) is 0 Å². The molecule has 48 heavy (non-hydrogen) atoms. The van der Waals surface area contributed by atoms with Crippen LogP contribution in [0, 0.1) is 0 Å². The molecule has 0 aliphatic heterocycles. The number of aliphatic carboxylic acids is 1. The van der Waals surface area contributed by atoms with Gasteiger partial charge in [-0.3, -0.25) is 9.59 Å². The molecule has 0 aliphatic rings. The van der Waals surface area contributed by atoms with Crippen molar-refractivity contribution >= 4 is 17.9 Å². The Kier molecular flexibility index (Phi) is 30.9. The molecule has 0 fully saturated rings. The topological polar surface area (TPSA) is 111 Å². The van der Waals surface area contributed by atoms with E-state index in [0.717, 1.165) is 57.8 Å². The first-order valence-corrected chi connectivity index (χ1v) is 19.3. The van der Waals surface area contributed by atoms with E-state index in [1.165, 1.54) is 70.6 Å². The number of carbonyl (C=O) groups is 3. The molecule has 0 aromatic carbocycles. The largest absolute Gasteiger partial charge is 0.545 e. The Balaban J connectivity index is 4.51. The first-order valence-electron chi connectivity index (χ1n) is 19.3. The van der Waals surface area contributed by atoms with Gasteiger partial charge in [-0.25, -0.2) is 0 Å². The van der Waals surface area contributed by atoms with E-state index in [2.05, 4.69) is 26.0 Å². The zero-order chi connectivity index (χ0) is 35.7. The molecule has 2 atom stereocenters. The highest BCUT2D eigenvalue weighted by atomic mass is 16.7. The fourth-order valence-corrected chi connectivity index (χ4v) is 5.18. The van der Waals surface area contributed by atoms with E-state index >= 15 is 0 Å². The number of unbranched alkanes of at least 4 members (excludes halogenated alkanes) is 18. The summed E-state index contributed by atoms with van der Waals surface area (Å²) in [6.45, 7) is 4.65. The Labute approximate surface area is 294 Å². The molecule has 282 valence electrons. The molecule has 0 radical (unpaired) electrons. The molecule has 0 aliphatic carbocycles. The number of esters is 2. The number of likely N-dealkylation sites (N-methyl/N-ethyl adjacent to an activating group) is 1. The smallest absolute Gasteiger partial charge is 0.306 e. The monoisotopic (exact) mass is 684 g/mol. The summed E-state index contributed by atoms with van der Waals surface area (Å²) in [7, 11) is 5.89. The van der Waals surface area contributed by atoms with E-state index in [0.29, 0.717) is 23.9 Å². The van der Waals surface area contributed by atoms with Crippen molar-refractivity contribution in [2.24, 2.45) is 0 Å². The Morgan fingerprint density at radius 1 is 0.604 bits per heavy atom. The number of carbonyl (C=O) groups excluding carboxylic acids is 3. The maximum absolute atomic E-state index is 12.6. The first-order chi connectivity index (χ1) is 23.1. The van der Waals surface area contributed by atoms with E-state index in [1.807, 2.05) is 21.1 Å². The summed E-state index contributed by atoms with van der Waals surface area (Å²) in [6.07, 6.45) is 26.7. The van der Waals surface area contributed by atoms with Crippen LogP contribution in [0.1, 0.15) is 162 Å². The number of carboxylic acid groups (broad SMARTS) is 1. The highest BCUT2D eigenvalue weighted by molar-refractivity contribution is 5.70. The van der Waals surface area contributed by atoms with Gasteiger partial charge in [-0.1, -0.05) is 129 Å². The Morgan fingerprint density at radius 3 is 1.62 bits per heavy atom. The van der Waals surface area contributed by atoms with E-state index in [4.69, 9.17) is 18.9 Å². The first kappa shape index (κ1) is 46.0. The maximum Gasteiger partial charge on any atom is 0.306 e. The van der Waals surface area contributed by atoms with Gasteiger partial charge < -0.3 is 33.3 Å². The summed E-state index contributed by atoms with van der Waals surface area (Å²) >= 11 is 0. The standard InChI is InChI=1S/C39H73NO8/c1-6-8-10-12-14-16-18-19-20-22-23-25-27-29-36(41)46-33-35(34-47-39(38(43)44)45-32-31-40(3,4)5)48-37(42)30-28-26-24-21-17-15-13-11-9-7-2/h11,13,35,39H,6-10,12,14-34H2,1-5H3/b13-11-. The molecule has 0 rings (SSSR count). The third-order valence-electron chi connectivity index (χ3n) is 8.24. The number of ether oxygens (including phenoxy) is 4. The van der Waals surface area contributed by atoms with Crippen molar-refractivity contribution < 1.29 is 42.9 Å². The molecule has 0 amide bonds. The fourth-order valence-electron chi connectivity index (χ4n) is 5.18. The maximum atomic E-state index is 12.6. The predicted molar refractivity (Wildman–Crippen MR) is 191 cm³/mol. The van der Waals surface area contributed by atoms with Gasteiger partial charge in [0.15, 0.2) is 12.4 Å². The van der Waals surface area contributed by atoms with Crippen molar-refractivity contribution in [1.82, 2.24) is 0 Å². The Bertz CT molecular complexity index is 810. The second-order valence-corrected chi connectivity index (χ2v) is 14.2. The van der Waals surface area contributed by atoms with Gasteiger partial charge in [0.25, 0.3) is 0 Å². The molecular formula is C39H73NO8. The number of quaternary nitrogens is 1. The van der Waals surface area contributed by atoms with E-state index in [-0.39, 0.29) is 32.2 Å². The Morgan fingerprint density at radius 2 is 1.10 bits per heavy atom. The molecule has 9 heteroatoms. The van der Waals surface area contributed by atoms with Crippen molar-refractivity contribution in [3.05, 3.63) is 12.2 Å². The van der Waals surface area contributed by atoms with Crippen LogP contribution in [0.2, 0.25) is 0 Å². The minimum Gasteiger partial charge on any atom is -0.545 e. The zero-order valence-corrected chi connectivity index (χ0v) is 31.6. The second-order valence-electron chi connectivity index (χ2n) is 14.2. The number of carboxylic acids is 1. The van der Waals surface area contributed by atoms with E-state index in [1.54, 1.807) is 0 Å². The highest BCUT2D eigenvalue weighted by Gasteiger charge is 2.21. The average molecular weight is 684 g/mol. The molecule has 0 spiro atoms. The molecule has 0 heterocycles. The summed E-state index contributed by atoms with van der Waals surface area (Å²) in [5.41, 5.74) is 0. The molecule has 0 saturated heterocycles. The van der Waals surface area contributed by atoms with Gasteiger partial charge in [0.05, 0.1) is 40.3 Å². The number of rotatable bonds is 35. The average Bonchev–Trinajstić information content (AvgIpc) is 3.03. The normalized spacial score (nSPS) is 13.1. The summed E-state index contributed by atoms with van der Waals surface area (Å²) in [6, 6.07) is 0. The molecule has 0 N–H and O–H groups in total. The molecule has 0 saturated carbocycles. The summed E-state index contributed by atoms with van der Waals surface area (Å²) in [5, 5.41) is 11.6. The van der Waals surface area contributed by atoms with Crippen LogP contribution >= 0.6 is 0 Å². The van der Waals surface area contributed by atoms with Gasteiger partial charge in [0, 0.05) is 12.8 Å². The SMILES string of the molecule is CCC/C=C\CCCCCCCC(=O)OC(COC(=O)CCCCCCCCCCCCCCC)COC(OCC[N+](C)(C)C)C(=O)[O-]. The molecular weight excluding hydrogens is 610 g/mol. The third kappa shape index (κ3) is 32.6. The molecule has 2 unspecified atom stereocenters. The lowest BCUT2D eigenvalue weighted by Gasteiger charge is -2.26. The van der Waals surface area contributed by atoms with Gasteiger partial charge in [0.2, 0.25) is 0 Å². The quantitative estimate of drug-likeness (QED) is 0.0219. The lowest BCUT2D eigenvalue weighted by molar-refractivity contribution is -0.870. The number of allylic oxidation sites excluding steroid dienone is 2. The second kappa shape index (κ2) is 32.2. The van der Waals surface area contributed by atoms with Gasteiger partial charge in [-0.05, 0) is 32.1 Å². The van der Waals surface area contributed by atoms with E-state index in [9.17, 15) is 19.5 Å². The van der Waals surface area contributed by atoms with Crippen LogP contribution in [-0.2, 0) is 33.3 Å². The molecule has 9 nitrogen and oxygen atoms in total. The zero-order valence-electron chi connectivity index (χ0n) is 31.6. The van der Waals surface area contributed by atoms with Crippen LogP contribution < -0.4 is 5.11 Å². The third-order valence-corrected chi connectivity index (χ3v) is 8.24. The lowest BCUT2D eigenvalue weighted by Crippen LogP contribution is -2.44. The van der Waals surface area contributed by atoms with Crippen LogP contribution in [0.15, 0.2) is 12.2 Å². The van der Waals surface area contributed by atoms with Gasteiger partial charge in [-0.2, -0.15) is 0 Å². The lowest BCUT2D eigenvalue weighted by atomic mass is 10.0. The van der Waals surface area contributed by atoms with Gasteiger partial charge >= 0.3 is 11.9 Å². The summed E-state index contributed by atoms with van der Waals surface area (Å²) < 4.78 is 22.4. The molecule has 0 aromatic heterocycles. The number of hydrogen-bond donors (Lipinski definition) is 0. The molecule has 0 aromatic rings. The van der Waals surface area contributed by atoms with Crippen LogP contribution in [0.3, 0.4) is 0 Å². The predicted octanol–water partition coefficient (Wildman–Crippen LogP) is 7.83. The highest BCUT2D eigenvalue weighted by Crippen LogP contribution is 2.14. The summed E-state index contributed by atoms with van der Waals surface area (Å²) in [5.74, 6) is -2.30. The van der Waals surface area contributed by atoms with Crippen LogP contribution in [0.5, 0.6) is 0 Å². The summed E-state index contributed by atoms with van der Waals surface area (Å²) in [4.78, 5) is 36.7. The van der Waals surface area contributed by atoms with Crippen molar-refractivity contribution in [3.8, 4) is 0 Å². The minimum atomic E-state index is -1.61. The number of hydrogen-bond acceptors (Lipinski definition) is 8. The van der Waals surface area contributed by atoms with Crippen LogP contribution in [-0.4, -0.2) is 82.3 Å². The van der Waals surface area contributed by atoms with Crippen molar-refractivity contribution in [2.75, 3.05) is 47.5 Å². The molecule has 0 bridgehead atoms. The van der Waals surface area contributed by atoms with Crippen LogP contribution in [0.25, 0.3) is 0 Å².